The van der Waals surface area contributed by atoms with E-state index in [0.29, 0.717) is 0 Å². The molecule has 1 aromatic heterocycles. The summed E-state index contributed by atoms with van der Waals surface area (Å²) in [6.45, 7) is 6.72. The fourth-order valence-electron chi connectivity index (χ4n) is 2.11. The van der Waals surface area contributed by atoms with Crippen molar-refractivity contribution >= 4 is 21.4 Å². The maximum absolute atomic E-state index is 2.26. The zero-order chi connectivity index (χ0) is 10.1. The smallest absolute Gasteiger partial charge is 0.0351 e. The molecule has 0 unspecified atom stereocenters. The molecule has 0 nitrogen and oxygen atoms in total. The number of rotatable bonds is 2. The molecule has 0 atom stereocenters. The van der Waals surface area contributed by atoms with Crippen LogP contribution in [0.1, 0.15) is 29.9 Å². The van der Waals surface area contributed by atoms with Crippen LogP contribution in [-0.2, 0) is 12.8 Å². The average Bonchev–Trinajstić information content (AvgIpc) is 2.56. The van der Waals surface area contributed by atoms with Crippen molar-refractivity contribution in [2.45, 2.75) is 33.6 Å². The lowest BCUT2D eigenvalue weighted by atomic mass is 10.0. The molecule has 0 bridgehead atoms. The van der Waals surface area contributed by atoms with Crippen molar-refractivity contribution in [3.05, 3.63) is 34.2 Å². The fourth-order valence-corrected chi connectivity index (χ4v) is 3.42. The molecule has 0 aliphatic carbocycles. The third-order valence-electron chi connectivity index (χ3n) is 2.78. The molecule has 1 heteroatoms. The van der Waals surface area contributed by atoms with E-state index < -0.39 is 0 Å². The van der Waals surface area contributed by atoms with E-state index in [1.165, 1.54) is 22.1 Å². The van der Waals surface area contributed by atoms with Crippen molar-refractivity contribution in [2.75, 3.05) is 0 Å². The van der Waals surface area contributed by atoms with Gasteiger partial charge in [0.15, 0.2) is 0 Å². The van der Waals surface area contributed by atoms with Crippen molar-refractivity contribution in [3.8, 4) is 0 Å². The summed E-state index contributed by atoms with van der Waals surface area (Å²) < 4.78 is 1.46. The van der Waals surface area contributed by atoms with Crippen LogP contribution in [-0.4, -0.2) is 0 Å². The number of thiophene rings is 1. The van der Waals surface area contributed by atoms with Crippen LogP contribution < -0.4 is 0 Å². The van der Waals surface area contributed by atoms with Crippen molar-refractivity contribution in [1.29, 1.82) is 0 Å². The zero-order valence-electron chi connectivity index (χ0n) is 9.05. The van der Waals surface area contributed by atoms with E-state index in [4.69, 9.17) is 0 Å². The van der Waals surface area contributed by atoms with E-state index in [9.17, 15) is 0 Å². The normalized spacial score (nSPS) is 11.1. The van der Waals surface area contributed by atoms with Gasteiger partial charge in [-0.05, 0) is 42.3 Å². The van der Waals surface area contributed by atoms with Gasteiger partial charge >= 0.3 is 0 Å². The van der Waals surface area contributed by atoms with Gasteiger partial charge in [0.2, 0.25) is 0 Å². The Morgan fingerprint density at radius 1 is 1.14 bits per heavy atom. The second kappa shape index (κ2) is 3.74. The van der Waals surface area contributed by atoms with E-state index in [1.807, 2.05) is 11.3 Å². The van der Waals surface area contributed by atoms with E-state index in [-0.39, 0.29) is 0 Å². The van der Waals surface area contributed by atoms with Crippen LogP contribution in [0.4, 0.5) is 0 Å². The zero-order valence-corrected chi connectivity index (χ0v) is 9.87. The van der Waals surface area contributed by atoms with Crippen molar-refractivity contribution in [1.82, 2.24) is 0 Å². The highest BCUT2D eigenvalue weighted by Crippen LogP contribution is 2.34. The summed E-state index contributed by atoms with van der Waals surface area (Å²) in [4.78, 5) is 1.57. The molecule has 2 aromatic rings. The average molecular weight is 204 g/mol. The van der Waals surface area contributed by atoms with Gasteiger partial charge in [-0.1, -0.05) is 26.0 Å². The van der Waals surface area contributed by atoms with Crippen LogP contribution >= 0.6 is 11.3 Å². The molecular formula is C13H16S. The first-order valence-electron chi connectivity index (χ1n) is 5.27. The minimum atomic E-state index is 1.16. The maximum Gasteiger partial charge on any atom is 0.0351 e. The minimum absolute atomic E-state index is 1.16. The summed E-state index contributed by atoms with van der Waals surface area (Å²) in [5.74, 6) is 0. The van der Waals surface area contributed by atoms with E-state index in [0.717, 1.165) is 6.42 Å². The monoisotopic (exact) mass is 204 g/mol. The molecule has 0 spiro atoms. The summed E-state index contributed by atoms with van der Waals surface area (Å²) in [5, 5.41) is 1.51. The third kappa shape index (κ3) is 1.36. The Morgan fingerprint density at radius 2 is 1.93 bits per heavy atom. The third-order valence-corrected chi connectivity index (χ3v) is 4.12. The van der Waals surface area contributed by atoms with E-state index >= 15 is 0 Å². The van der Waals surface area contributed by atoms with Gasteiger partial charge in [0, 0.05) is 9.58 Å². The van der Waals surface area contributed by atoms with Gasteiger partial charge in [0.05, 0.1) is 0 Å². The molecule has 0 amide bonds. The van der Waals surface area contributed by atoms with Gasteiger partial charge in [-0.2, -0.15) is 0 Å². The predicted octanol–water partition coefficient (Wildman–Crippen LogP) is 4.33. The number of aryl methyl sites for hydroxylation is 3. The Morgan fingerprint density at radius 3 is 2.57 bits per heavy atom. The van der Waals surface area contributed by atoms with Gasteiger partial charge < -0.3 is 0 Å². The predicted molar refractivity (Wildman–Crippen MR) is 65.3 cm³/mol. The summed E-state index contributed by atoms with van der Waals surface area (Å²) in [6.07, 6.45) is 2.33. The lowest BCUT2D eigenvalue weighted by Gasteiger charge is -2.00. The van der Waals surface area contributed by atoms with Crippen LogP contribution in [0.25, 0.3) is 10.1 Å². The van der Waals surface area contributed by atoms with Crippen LogP contribution in [0.2, 0.25) is 0 Å². The van der Waals surface area contributed by atoms with Gasteiger partial charge in [0.25, 0.3) is 0 Å². The van der Waals surface area contributed by atoms with Gasteiger partial charge in [-0.15, -0.1) is 11.3 Å². The van der Waals surface area contributed by atoms with Gasteiger partial charge in [0.1, 0.15) is 0 Å². The Kier molecular flexibility index (Phi) is 2.60. The lowest BCUT2D eigenvalue weighted by Crippen LogP contribution is -1.85. The SMILES string of the molecule is CCc1sc2cccc(C)c2c1CC. The molecule has 1 aromatic carbocycles. The number of hydrogen-bond donors (Lipinski definition) is 0. The quantitative estimate of drug-likeness (QED) is 0.683. The molecule has 2 rings (SSSR count). The highest BCUT2D eigenvalue weighted by atomic mass is 32.1. The van der Waals surface area contributed by atoms with Crippen LogP contribution in [0.3, 0.4) is 0 Å². The van der Waals surface area contributed by atoms with Crippen LogP contribution in [0, 0.1) is 6.92 Å². The second-order valence-corrected chi connectivity index (χ2v) is 4.80. The molecule has 0 saturated carbocycles. The molecule has 0 radical (unpaired) electrons. The summed E-state index contributed by atoms with van der Waals surface area (Å²) in [7, 11) is 0. The minimum Gasteiger partial charge on any atom is -0.140 e. The molecule has 0 aliphatic heterocycles. The topological polar surface area (TPSA) is 0 Å². The molecule has 74 valence electrons. The highest BCUT2D eigenvalue weighted by Gasteiger charge is 2.10. The Labute approximate surface area is 89.6 Å². The van der Waals surface area contributed by atoms with Gasteiger partial charge in [-0.3, -0.25) is 0 Å². The molecule has 0 fully saturated rings. The first-order valence-corrected chi connectivity index (χ1v) is 6.09. The summed E-state index contributed by atoms with van der Waals surface area (Å²) in [5.41, 5.74) is 3.00. The molecule has 1 heterocycles. The number of fused-ring (bicyclic) bond motifs is 1. The maximum atomic E-state index is 2.26. The highest BCUT2D eigenvalue weighted by molar-refractivity contribution is 7.19. The molecule has 0 N–H and O–H groups in total. The number of hydrogen-bond acceptors (Lipinski definition) is 1. The molecule has 14 heavy (non-hydrogen) atoms. The first kappa shape index (κ1) is 9.72. The van der Waals surface area contributed by atoms with Crippen molar-refractivity contribution in [2.24, 2.45) is 0 Å². The number of benzene rings is 1. The summed E-state index contributed by atoms with van der Waals surface area (Å²) >= 11 is 1.96. The lowest BCUT2D eigenvalue weighted by molar-refractivity contribution is 1.08. The Bertz CT molecular complexity index is 451. The Hall–Kier alpha value is -0.820. The fraction of sp³-hybridized carbons (Fsp3) is 0.385. The Balaban J connectivity index is 2.81. The van der Waals surface area contributed by atoms with Crippen molar-refractivity contribution in [3.63, 3.8) is 0 Å². The molecule has 0 saturated heterocycles. The second-order valence-electron chi connectivity index (χ2n) is 3.66. The molecule has 0 aliphatic rings. The first-order chi connectivity index (χ1) is 6.77. The molecular weight excluding hydrogens is 188 g/mol. The van der Waals surface area contributed by atoms with Gasteiger partial charge in [-0.25, -0.2) is 0 Å². The van der Waals surface area contributed by atoms with Crippen molar-refractivity contribution < 1.29 is 0 Å². The van der Waals surface area contributed by atoms with E-state index in [2.05, 4.69) is 39.0 Å². The summed E-state index contributed by atoms with van der Waals surface area (Å²) in [6, 6.07) is 6.62. The van der Waals surface area contributed by atoms with Crippen LogP contribution in [0.15, 0.2) is 18.2 Å². The standard InChI is InChI=1S/C13H16S/c1-4-10-11(5-2)14-12-8-6-7-9(3)13(10)12/h6-8H,4-5H2,1-3H3. The van der Waals surface area contributed by atoms with Crippen LogP contribution in [0.5, 0.6) is 0 Å². The van der Waals surface area contributed by atoms with E-state index in [1.54, 1.807) is 10.4 Å². The largest absolute Gasteiger partial charge is 0.140 e.